The number of esters is 3. The molecule has 79 heavy (non-hydrogen) atoms. The summed E-state index contributed by atoms with van der Waals surface area (Å²) in [5, 5.41) is 0. The highest BCUT2D eigenvalue weighted by molar-refractivity contribution is 5.71. The molecule has 1 unspecified atom stereocenters. The lowest BCUT2D eigenvalue weighted by molar-refractivity contribution is -0.167. The Kier molecular flexibility index (Phi) is 63.3. The third-order valence-corrected chi connectivity index (χ3v) is 14.3. The predicted molar refractivity (Wildman–Crippen MR) is 343 cm³/mol. The molecule has 0 aliphatic heterocycles. The Morgan fingerprint density at radius 1 is 0.266 bits per heavy atom. The van der Waals surface area contributed by atoms with Crippen LogP contribution in [-0.4, -0.2) is 37.2 Å². The highest BCUT2D eigenvalue weighted by Gasteiger charge is 2.19. The lowest BCUT2D eigenvalue weighted by Crippen LogP contribution is -2.30. The Labute approximate surface area is 489 Å². The van der Waals surface area contributed by atoms with E-state index in [1.807, 2.05) is 0 Å². The minimum Gasteiger partial charge on any atom is -0.462 e. The van der Waals surface area contributed by atoms with Crippen molar-refractivity contribution in [1.82, 2.24) is 0 Å². The summed E-state index contributed by atoms with van der Waals surface area (Å²) in [6.45, 7) is 6.52. The Morgan fingerprint density at radius 2 is 0.494 bits per heavy atom. The van der Waals surface area contributed by atoms with Crippen LogP contribution in [0.5, 0.6) is 0 Å². The second-order valence-electron chi connectivity index (χ2n) is 22.0. The maximum Gasteiger partial charge on any atom is 0.306 e. The van der Waals surface area contributed by atoms with E-state index in [1.54, 1.807) is 0 Å². The number of hydrogen-bond acceptors (Lipinski definition) is 6. The fourth-order valence-electron chi connectivity index (χ4n) is 9.28. The van der Waals surface area contributed by atoms with Crippen LogP contribution in [0.2, 0.25) is 0 Å². The van der Waals surface area contributed by atoms with Crippen LogP contribution in [0.4, 0.5) is 0 Å². The van der Waals surface area contributed by atoms with Gasteiger partial charge in [-0.1, -0.05) is 297 Å². The summed E-state index contributed by atoms with van der Waals surface area (Å²) in [4.78, 5) is 38.2. The highest BCUT2D eigenvalue weighted by Crippen LogP contribution is 2.16. The van der Waals surface area contributed by atoms with E-state index in [0.717, 1.165) is 116 Å². The van der Waals surface area contributed by atoms with Gasteiger partial charge in [0.25, 0.3) is 0 Å². The summed E-state index contributed by atoms with van der Waals surface area (Å²) in [5.74, 6) is -0.885. The molecular weight excluding hydrogens is 973 g/mol. The van der Waals surface area contributed by atoms with Crippen LogP contribution in [0.3, 0.4) is 0 Å². The Morgan fingerprint density at radius 3 is 0.785 bits per heavy atom. The van der Waals surface area contributed by atoms with Crippen molar-refractivity contribution in [3.63, 3.8) is 0 Å². The summed E-state index contributed by atoms with van der Waals surface area (Å²) in [6, 6.07) is 0. The van der Waals surface area contributed by atoms with Gasteiger partial charge in [0.15, 0.2) is 6.10 Å². The van der Waals surface area contributed by atoms with E-state index in [1.165, 1.54) is 161 Å². The largest absolute Gasteiger partial charge is 0.462 e. The van der Waals surface area contributed by atoms with E-state index in [4.69, 9.17) is 14.2 Å². The molecule has 0 aromatic carbocycles. The molecular formula is C73H124O6. The minimum absolute atomic E-state index is 0.0795. The Balaban J connectivity index is 4.22. The molecule has 0 fully saturated rings. The van der Waals surface area contributed by atoms with E-state index in [2.05, 4.69) is 130 Å². The summed E-state index contributed by atoms with van der Waals surface area (Å²) >= 11 is 0. The van der Waals surface area contributed by atoms with Gasteiger partial charge in [0.05, 0.1) is 0 Å². The van der Waals surface area contributed by atoms with Gasteiger partial charge in [-0.25, -0.2) is 0 Å². The predicted octanol–water partition coefficient (Wildman–Crippen LogP) is 23.0. The van der Waals surface area contributed by atoms with Crippen molar-refractivity contribution in [1.29, 1.82) is 0 Å². The van der Waals surface area contributed by atoms with Crippen LogP contribution < -0.4 is 0 Å². The quantitative estimate of drug-likeness (QED) is 0.0261. The van der Waals surface area contributed by atoms with Crippen LogP contribution in [0.15, 0.2) is 109 Å². The molecule has 0 rings (SSSR count). The molecule has 452 valence electrons. The Hall–Kier alpha value is -3.93. The fourth-order valence-corrected chi connectivity index (χ4v) is 9.28. The highest BCUT2D eigenvalue weighted by atomic mass is 16.6. The number of carbonyl (C=O) groups is 3. The number of allylic oxidation sites excluding steroid dienone is 18. The van der Waals surface area contributed by atoms with Gasteiger partial charge < -0.3 is 14.2 Å². The molecule has 0 saturated carbocycles. The molecule has 0 bridgehead atoms. The van der Waals surface area contributed by atoms with Gasteiger partial charge in [0, 0.05) is 19.3 Å². The van der Waals surface area contributed by atoms with Crippen molar-refractivity contribution in [2.24, 2.45) is 0 Å². The van der Waals surface area contributed by atoms with Gasteiger partial charge in [-0.3, -0.25) is 14.4 Å². The molecule has 0 N–H and O–H groups in total. The third kappa shape index (κ3) is 64.8. The summed E-state index contributed by atoms with van der Waals surface area (Å²) in [6.07, 6.45) is 91.1. The van der Waals surface area contributed by atoms with Crippen molar-refractivity contribution in [3.8, 4) is 0 Å². The standard InChI is InChI=1S/C73H124O6/c1-4-7-10-13-16-19-22-24-26-28-30-31-32-33-34-35-36-37-38-39-40-41-42-43-44-46-47-49-51-54-57-60-63-66-72(75)78-69-70(68-77-71(74)65-62-59-56-53-21-18-15-12-9-6-3)79-73(76)67-64-61-58-55-52-50-48-45-29-27-25-23-20-17-14-11-8-5-2/h7,10,16,19,24,26-27,29-31,33-34,36-37,39-40,42-43,70H,4-6,8-9,11-15,17-18,20-23,25,28,32,35,38,41,44-69H2,1-3H3/b10-7-,19-16-,26-24-,29-27-,31-30-,34-33-,37-36-,40-39-,43-42-. The van der Waals surface area contributed by atoms with Crippen molar-refractivity contribution >= 4 is 17.9 Å². The molecule has 0 spiro atoms. The molecule has 0 heterocycles. The number of carbonyl (C=O) groups excluding carboxylic acids is 3. The van der Waals surface area contributed by atoms with E-state index < -0.39 is 6.10 Å². The molecule has 6 nitrogen and oxygen atoms in total. The van der Waals surface area contributed by atoms with E-state index in [9.17, 15) is 14.4 Å². The zero-order valence-electron chi connectivity index (χ0n) is 51.9. The van der Waals surface area contributed by atoms with E-state index in [0.29, 0.717) is 19.3 Å². The molecule has 6 heteroatoms. The van der Waals surface area contributed by atoms with Crippen molar-refractivity contribution in [2.75, 3.05) is 13.2 Å². The summed E-state index contributed by atoms with van der Waals surface area (Å²) in [7, 11) is 0. The van der Waals surface area contributed by atoms with Crippen LogP contribution in [0, 0.1) is 0 Å². The maximum absolute atomic E-state index is 12.9. The summed E-state index contributed by atoms with van der Waals surface area (Å²) in [5.41, 5.74) is 0. The molecule has 0 aromatic heterocycles. The average molecular weight is 1100 g/mol. The van der Waals surface area contributed by atoms with Crippen LogP contribution in [0.25, 0.3) is 0 Å². The van der Waals surface area contributed by atoms with E-state index in [-0.39, 0.29) is 31.1 Å². The first-order valence-corrected chi connectivity index (χ1v) is 33.4. The van der Waals surface area contributed by atoms with Crippen molar-refractivity contribution in [3.05, 3.63) is 109 Å². The number of ether oxygens (including phenoxy) is 3. The molecule has 0 aliphatic carbocycles. The maximum atomic E-state index is 12.9. The number of hydrogen-bond donors (Lipinski definition) is 0. The van der Waals surface area contributed by atoms with Crippen LogP contribution in [0.1, 0.15) is 316 Å². The molecule has 0 aromatic rings. The SMILES string of the molecule is CC/C=C\C/C=C\C/C=C\C/C=C\C/C=C\C/C=C\C/C=C\C/C=C\CCCCCCCCCCC(=O)OCC(COC(=O)CCCCCCCCCCCC)OC(=O)CCCCCCCCC/C=C\CCCCCCCCC. The summed E-state index contributed by atoms with van der Waals surface area (Å²) < 4.78 is 16.9. The minimum atomic E-state index is -0.783. The zero-order valence-corrected chi connectivity index (χ0v) is 51.9. The van der Waals surface area contributed by atoms with Gasteiger partial charge in [-0.2, -0.15) is 0 Å². The van der Waals surface area contributed by atoms with Crippen LogP contribution in [-0.2, 0) is 28.6 Å². The lowest BCUT2D eigenvalue weighted by Gasteiger charge is -2.18. The second-order valence-corrected chi connectivity index (χ2v) is 22.0. The topological polar surface area (TPSA) is 78.9 Å². The normalized spacial score (nSPS) is 12.8. The Bertz CT molecular complexity index is 1590. The monoisotopic (exact) mass is 1100 g/mol. The molecule has 1 atom stereocenters. The van der Waals surface area contributed by atoms with Gasteiger partial charge in [-0.15, -0.1) is 0 Å². The number of unbranched alkanes of at least 4 members (excludes halogenated alkanes) is 31. The first kappa shape index (κ1) is 75.1. The van der Waals surface area contributed by atoms with Gasteiger partial charge in [0.1, 0.15) is 13.2 Å². The van der Waals surface area contributed by atoms with Crippen molar-refractivity contribution < 1.29 is 28.6 Å². The van der Waals surface area contributed by atoms with Crippen LogP contribution >= 0.6 is 0 Å². The zero-order chi connectivity index (χ0) is 57.1. The third-order valence-electron chi connectivity index (χ3n) is 14.3. The first-order chi connectivity index (χ1) is 39.0. The van der Waals surface area contributed by atoms with Gasteiger partial charge in [0.2, 0.25) is 0 Å². The number of rotatable bonds is 60. The van der Waals surface area contributed by atoms with Gasteiger partial charge >= 0.3 is 17.9 Å². The lowest BCUT2D eigenvalue weighted by atomic mass is 10.1. The van der Waals surface area contributed by atoms with Gasteiger partial charge in [-0.05, 0) is 109 Å². The molecule has 0 aliphatic rings. The smallest absolute Gasteiger partial charge is 0.306 e. The van der Waals surface area contributed by atoms with E-state index >= 15 is 0 Å². The first-order valence-electron chi connectivity index (χ1n) is 33.4. The molecule has 0 radical (unpaired) electrons. The second kappa shape index (κ2) is 66.6. The fraction of sp³-hybridized carbons (Fsp3) is 0.712. The average Bonchev–Trinajstić information content (AvgIpc) is 3.45. The molecule has 0 amide bonds. The molecule has 0 saturated heterocycles. The van der Waals surface area contributed by atoms with Crippen molar-refractivity contribution in [2.45, 2.75) is 322 Å².